The Bertz CT molecular complexity index is 285. The van der Waals surface area contributed by atoms with Crippen LogP contribution in [0.15, 0.2) is 10.7 Å². The lowest BCUT2D eigenvalue weighted by Gasteiger charge is -2.07. The van der Waals surface area contributed by atoms with Gasteiger partial charge in [-0.15, -0.1) is 0 Å². The molecule has 0 saturated carbocycles. The number of aliphatic hydroxyl groups is 1. The summed E-state index contributed by atoms with van der Waals surface area (Å²) in [7, 11) is 2.09. The molecule has 1 N–H and O–H groups in total. The maximum absolute atomic E-state index is 9.02. The normalized spacial score (nSPS) is 24.0. The Morgan fingerprint density at radius 2 is 2.62 bits per heavy atom. The van der Waals surface area contributed by atoms with E-state index in [2.05, 4.69) is 17.1 Å². The van der Waals surface area contributed by atoms with Crippen LogP contribution in [0.3, 0.4) is 0 Å². The van der Waals surface area contributed by atoms with Crippen LogP contribution in [0.25, 0.3) is 0 Å². The summed E-state index contributed by atoms with van der Waals surface area (Å²) in [4.78, 5) is 2.26. The number of likely N-dealkylation sites (N-methyl/N-ethyl adjacent to an activating group) is 1. The zero-order valence-electron chi connectivity index (χ0n) is 7.73. The first-order valence-electron chi connectivity index (χ1n) is 4.54. The molecule has 1 atom stereocenters. The standard InChI is InChI=1S/C9H14N2O2/c1-11-3-2-7(5-11)9-8(6-12)4-10-13-9/h4,7,12H,2-3,5-6H2,1H3. The smallest absolute Gasteiger partial charge is 0.146 e. The fraction of sp³-hybridized carbons (Fsp3) is 0.667. The summed E-state index contributed by atoms with van der Waals surface area (Å²) < 4.78 is 5.15. The minimum Gasteiger partial charge on any atom is -0.391 e. The highest BCUT2D eigenvalue weighted by atomic mass is 16.5. The molecular formula is C9H14N2O2. The van der Waals surface area contributed by atoms with Crippen molar-refractivity contribution in [3.8, 4) is 0 Å². The van der Waals surface area contributed by atoms with E-state index in [1.54, 1.807) is 6.20 Å². The minimum atomic E-state index is 0.0268. The molecule has 0 spiro atoms. The summed E-state index contributed by atoms with van der Waals surface area (Å²) >= 11 is 0. The molecule has 1 aliphatic rings. The summed E-state index contributed by atoms with van der Waals surface area (Å²) in [5.74, 6) is 1.28. The Kier molecular flexibility index (Phi) is 2.33. The third kappa shape index (κ3) is 1.59. The van der Waals surface area contributed by atoms with Gasteiger partial charge in [0.25, 0.3) is 0 Å². The number of hydrogen-bond acceptors (Lipinski definition) is 4. The van der Waals surface area contributed by atoms with Gasteiger partial charge in [0.1, 0.15) is 5.76 Å². The molecule has 2 rings (SSSR count). The summed E-state index contributed by atoms with van der Waals surface area (Å²) in [5.41, 5.74) is 0.834. The molecule has 0 radical (unpaired) electrons. The van der Waals surface area contributed by atoms with E-state index in [0.717, 1.165) is 30.8 Å². The number of hydrogen-bond donors (Lipinski definition) is 1. The lowest BCUT2D eigenvalue weighted by molar-refractivity contribution is 0.274. The topological polar surface area (TPSA) is 49.5 Å². The Balaban J connectivity index is 2.16. The lowest BCUT2D eigenvalue weighted by atomic mass is 10.0. The molecule has 1 aliphatic heterocycles. The first kappa shape index (κ1) is 8.72. The number of nitrogens with zero attached hydrogens (tertiary/aromatic N) is 2. The van der Waals surface area contributed by atoms with E-state index in [9.17, 15) is 0 Å². The molecule has 72 valence electrons. The second-order valence-corrected chi connectivity index (χ2v) is 3.62. The monoisotopic (exact) mass is 182 g/mol. The van der Waals surface area contributed by atoms with Crippen LogP contribution in [-0.4, -0.2) is 35.3 Å². The molecule has 1 fully saturated rings. The van der Waals surface area contributed by atoms with Crippen molar-refractivity contribution >= 4 is 0 Å². The van der Waals surface area contributed by atoms with Crippen molar-refractivity contribution in [2.24, 2.45) is 0 Å². The number of likely N-dealkylation sites (tertiary alicyclic amines) is 1. The molecule has 0 aliphatic carbocycles. The third-order valence-electron chi connectivity index (χ3n) is 2.61. The van der Waals surface area contributed by atoms with E-state index >= 15 is 0 Å². The first-order valence-corrected chi connectivity index (χ1v) is 4.54. The van der Waals surface area contributed by atoms with E-state index in [1.165, 1.54) is 0 Å². The molecule has 1 saturated heterocycles. The van der Waals surface area contributed by atoms with E-state index in [4.69, 9.17) is 9.63 Å². The van der Waals surface area contributed by atoms with Gasteiger partial charge in [0.15, 0.2) is 0 Å². The van der Waals surface area contributed by atoms with Crippen LogP contribution in [0, 0.1) is 0 Å². The molecule has 0 aromatic carbocycles. The van der Waals surface area contributed by atoms with Crippen LogP contribution < -0.4 is 0 Å². The Morgan fingerprint density at radius 1 is 1.77 bits per heavy atom. The van der Waals surface area contributed by atoms with Crippen LogP contribution in [0.1, 0.15) is 23.7 Å². The summed E-state index contributed by atoms with van der Waals surface area (Å²) in [6.07, 6.45) is 2.70. The predicted molar refractivity (Wildman–Crippen MR) is 47.3 cm³/mol. The molecule has 4 nitrogen and oxygen atoms in total. The molecule has 1 aromatic rings. The van der Waals surface area contributed by atoms with Crippen LogP contribution in [0.5, 0.6) is 0 Å². The van der Waals surface area contributed by atoms with Crippen molar-refractivity contribution in [3.05, 3.63) is 17.5 Å². The van der Waals surface area contributed by atoms with Crippen molar-refractivity contribution in [3.63, 3.8) is 0 Å². The quantitative estimate of drug-likeness (QED) is 0.727. The summed E-state index contributed by atoms with van der Waals surface area (Å²) in [5, 5.41) is 12.7. The molecule has 1 aromatic heterocycles. The van der Waals surface area contributed by atoms with Gasteiger partial charge < -0.3 is 14.5 Å². The van der Waals surface area contributed by atoms with Gasteiger partial charge >= 0.3 is 0 Å². The highest BCUT2D eigenvalue weighted by molar-refractivity contribution is 5.18. The molecule has 0 bridgehead atoms. The number of rotatable bonds is 2. The third-order valence-corrected chi connectivity index (χ3v) is 2.61. The van der Waals surface area contributed by atoms with E-state index in [0.29, 0.717) is 5.92 Å². The average molecular weight is 182 g/mol. The fourth-order valence-electron chi connectivity index (χ4n) is 1.87. The van der Waals surface area contributed by atoms with Crippen molar-refractivity contribution < 1.29 is 9.63 Å². The average Bonchev–Trinajstić information content (AvgIpc) is 2.71. The molecule has 2 heterocycles. The predicted octanol–water partition coefficient (Wildman–Crippen LogP) is 0.586. The van der Waals surface area contributed by atoms with Gasteiger partial charge in [-0.2, -0.15) is 0 Å². The SMILES string of the molecule is CN1CCC(c2oncc2CO)C1. The van der Waals surface area contributed by atoms with Crippen LogP contribution >= 0.6 is 0 Å². The largest absolute Gasteiger partial charge is 0.391 e. The van der Waals surface area contributed by atoms with Crippen molar-refractivity contribution in [2.45, 2.75) is 18.9 Å². The molecule has 0 amide bonds. The van der Waals surface area contributed by atoms with E-state index in [1.807, 2.05) is 0 Å². The van der Waals surface area contributed by atoms with Gasteiger partial charge in [0, 0.05) is 18.0 Å². The summed E-state index contributed by atoms with van der Waals surface area (Å²) in [6.45, 7) is 2.12. The highest BCUT2D eigenvalue weighted by Crippen LogP contribution is 2.28. The van der Waals surface area contributed by atoms with Crippen LogP contribution in [0.4, 0.5) is 0 Å². The molecule has 4 heteroatoms. The lowest BCUT2D eigenvalue weighted by Crippen LogP contribution is -2.13. The van der Waals surface area contributed by atoms with Gasteiger partial charge in [0.2, 0.25) is 0 Å². The van der Waals surface area contributed by atoms with Gasteiger partial charge in [-0.25, -0.2) is 0 Å². The second-order valence-electron chi connectivity index (χ2n) is 3.62. The van der Waals surface area contributed by atoms with E-state index < -0.39 is 0 Å². The zero-order valence-corrected chi connectivity index (χ0v) is 7.73. The maximum atomic E-state index is 9.02. The van der Waals surface area contributed by atoms with Crippen LogP contribution in [-0.2, 0) is 6.61 Å². The van der Waals surface area contributed by atoms with Gasteiger partial charge in [-0.1, -0.05) is 5.16 Å². The first-order chi connectivity index (χ1) is 6.31. The van der Waals surface area contributed by atoms with Crippen molar-refractivity contribution in [1.29, 1.82) is 0 Å². The zero-order chi connectivity index (χ0) is 9.26. The summed E-state index contributed by atoms with van der Waals surface area (Å²) in [6, 6.07) is 0. The van der Waals surface area contributed by atoms with Gasteiger partial charge in [0.05, 0.1) is 12.8 Å². The fourth-order valence-corrected chi connectivity index (χ4v) is 1.87. The van der Waals surface area contributed by atoms with Crippen molar-refractivity contribution in [2.75, 3.05) is 20.1 Å². The van der Waals surface area contributed by atoms with Crippen molar-refractivity contribution in [1.82, 2.24) is 10.1 Å². The number of aromatic nitrogens is 1. The molecule has 13 heavy (non-hydrogen) atoms. The van der Waals surface area contributed by atoms with Crippen LogP contribution in [0.2, 0.25) is 0 Å². The molecular weight excluding hydrogens is 168 g/mol. The van der Waals surface area contributed by atoms with Gasteiger partial charge in [-0.05, 0) is 20.0 Å². The second kappa shape index (κ2) is 3.47. The Morgan fingerprint density at radius 3 is 3.23 bits per heavy atom. The minimum absolute atomic E-state index is 0.0268. The van der Waals surface area contributed by atoms with Gasteiger partial charge in [-0.3, -0.25) is 0 Å². The Hall–Kier alpha value is -0.870. The highest BCUT2D eigenvalue weighted by Gasteiger charge is 2.26. The maximum Gasteiger partial charge on any atom is 0.146 e. The van der Waals surface area contributed by atoms with E-state index in [-0.39, 0.29) is 6.61 Å². The molecule has 1 unspecified atom stereocenters. The Labute approximate surface area is 77.1 Å². The number of aliphatic hydroxyl groups excluding tert-OH is 1.